The third kappa shape index (κ3) is 2.90. The van der Waals surface area contributed by atoms with E-state index in [0.717, 1.165) is 26.2 Å². The highest BCUT2D eigenvalue weighted by Crippen LogP contribution is 2.07. The fraction of sp³-hybridized carbons (Fsp3) is 0.900. The lowest BCUT2D eigenvalue weighted by Gasteiger charge is -2.29. The van der Waals surface area contributed by atoms with Gasteiger partial charge in [0, 0.05) is 26.2 Å². The van der Waals surface area contributed by atoms with Gasteiger partial charge in [0.05, 0.1) is 32.3 Å². The number of hydrogen-bond acceptors (Lipinski definition) is 4. The number of hydrogen-bond donors (Lipinski definition) is 1. The van der Waals surface area contributed by atoms with Gasteiger partial charge in [0.15, 0.2) is 0 Å². The number of rotatable bonds is 1. The van der Waals surface area contributed by atoms with Crippen LogP contribution in [0.15, 0.2) is 0 Å². The Labute approximate surface area is 89.7 Å². The minimum Gasteiger partial charge on any atom is -0.379 e. The van der Waals surface area contributed by atoms with Crippen molar-refractivity contribution in [2.45, 2.75) is 0 Å². The summed E-state index contributed by atoms with van der Waals surface area (Å²) in [7, 11) is 0. The van der Waals surface area contributed by atoms with Crippen LogP contribution in [0.3, 0.4) is 0 Å². The molecule has 0 saturated carbocycles. The van der Waals surface area contributed by atoms with Gasteiger partial charge in [-0.1, -0.05) is 0 Å². The number of amides is 1. The predicted molar refractivity (Wildman–Crippen MR) is 54.6 cm³/mol. The zero-order chi connectivity index (χ0) is 10.5. The molecule has 0 aromatic carbocycles. The van der Waals surface area contributed by atoms with Gasteiger partial charge in [0.1, 0.15) is 0 Å². The SMILES string of the molecule is O=C([C@@H]1CNCCOC1)N1CCOCC1. The number of nitrogens with one attached hydrogen (secondary N) is 1. The van der Waals surface area contributed by atoms with Crippen LogP contribution in [0.2, 0.25) is 0 Å². The summed E-state index contributed by atoms with van der Waals surface area (Å²) in [6.45, 7) is 5.57. The van der Waals surface area contributed by atoms with E-state index in [1.54, 1.807) is 0 Å². The van der Waals surface area contributed by atoms with Gasteiger partial charge in [-0.05, 0) is 0 Å². The van der Waals surface area contributed by atoms with Crippen molar-refractivity contribution in [2.75, 3.05) is 52.6 Å². The average molecular weight is 214 g/mol. The number of nitrogens with zero attached hydrogens (tertiary/aromatic N) is 1. The number of ether oxygens (including phenoxy) is 2. The normalized spacial score (nSPS) is 28.5. The highest BCUT2D eigenvalue weighted by molar-refractivity contribution is 5.79. The van der Waals surface area contributed by atoms with Crippen molar-refractivity contribution in [2.24, 2.45) is 5.92 Å². The Hall–Kier alpha value is -0.650. The summed E-state index contributed by atoms with van der Waals surface area (Å²) in [5, 5.41) is 3.21. The average Bonchev–Trinajstić information content (AvgIpc) is 2.58. The topological polar surface area (TPSA) is 50.8 Å². The molecular formula is C10H18N2O3. The summed E-state index contributed by atoms with van der Waals surface area (Å²) in [4.78, 5) is 13.9. The second kappa shape index (κ2) is 5.44. The van der Waals surface area contributed by atoms with Crippen LogP contribution in [0.1, 0.15) is 0 Å². The molecule has 2 saturated heterocycles. The molecule has 0 aromatic rings. The van der Waals surface area contributed by atoms with E-state index in [9.17, 15) is 4.79 Å². The van der Waals surface area contributed by atoms with E-state index in [0.29, 0.717) is 26.4 Å². The summed E-state index contributed by atoms with van der Waals surface area (Å²) >= 11 is 0. The van der Waals surface area contributed by atoms with Crippen LogP contribution in [0, 0.1) is 5.92 Å². The van der Waals surface area contributed by atoms with Crippen LogP contribution in [0.4, 0.5) is 0 Å². The number of carbonyl (C=O) groups is 1. The first-order chi connectivity index (χ1) is 7.38. The van der Waals surface area contributed by atoms with Gasteiger partial charge >= 0.3 is 0 Å². The first-order valence-corrected chi connectivity index (χ1v) is 5.53. The Balaban J connectivity index is 1.87. The van der Waals surface area contributed by atoms with Gasteiger partial charge < -0.3 is 19.7 Å². The maximum Gasteiger partial charge on any atom is 0.229 e. The van der Waals surface area contributed by atoms with Gasteiger partial charge in [0.25, 0.3) is 0 Å². The van der Waals surface area contributed by atoms with E-state index in [2.05, 4.69) is 5.32 Å². The first-order valence-electron chi connectivity index (χ1n) is 5.53. The van der Waals surface area contributed by atoms with Crippen molar-refractivity contribution in [3.05, 3.63) is 0 Å². The minimum atomic E-state index is -0.0226. The molecular weight excluding hydrogens is 196 g/mol. The van der Waals surface area contributed by atoms with Crippen molar-refractivity contribution in [3.8, 4) is 0 Å². The molecule has 86 valence electrons. The Morgan fingerprint density at radius 2 is 2.00 bits per heavy atom. The Morgan fingerprint density at radius 1 is 1.20 bits per heavy atom. The zero-order valence-corrected chi connectivity index (χ0v) is 8.91. The Morgan fingerprint density at radius 3 is 2.80 bits per heavy atom. The molecule has 5 nitrogen and oxygen atoms in total. The molecule has 2 aliphatic heterocycles. The molecule has 0 bridgehead atoms. The Bertz CT molecular complexity index is 209. The van der Waals surface area contributed by atoms with Crippen molar-refractivity contribution < 1.29 is 14.3 Å². The molecule has 5 heteroatoms. The fourth-order valence-corrected chi connectivity index (χ4v) is 1.91. The monoisotopic (exact) mass is 214 g/mol. The molecule has 2 aliphatic rings. The lowest BCUT2D eigenvalue weighted by atomic mass is 10.1. The smallest absolute Gasteiger partial charge is 0.229 e. The molecule has 2 rings (SSSR count). The third-order valence-electron chi connectivity index (χ3n) is 2.80. The van der Waals surface area contributed by atoms with Crippen LogP contribution < -0.4 is 5.32 Å². The molecule has 2 heterocycles. The molecule has 0 aromatic heterocycles. The highest BCUT2D eigenvalue weighted by Gasteiger charge is 2.26. The second-order valence-electron chi connectivity index (χ2n) is 3.91. The van der Waals surface area contributed by atoms with Crippen LogP contribution in [-0.2, 0) is 14.3 Å². The summed E-state index contributed by atoms with van der Waals surface area (Å²) in [5.41, 5.74) is 0. The predicted octanol–water partition coefficient (Wildman–Crippen LogP) is -0.919. The van der Waals surface area contributed by atoms with Crippen molar-refractivity contribution >= 4 is 5.91 Å². The molecule has 2 fully saturated rings. The molecule has 0 spiro atoms. The minimum absolute atomic E-state index is 0.0226. The molecule has 1 amide bonds. The highest BCUT2D eigenvalue weighted by atomic mass is 16.5. The second-order valence-corrected chi connectivity index (χ2v) is 3.91. The van der Waals surface area contributed by atoms with Gasteiger partial charge in [-0.3, -0.25) is 4.79 Å². The third-order valence-corrected chi connectivity index (χ3v) is 2.80. The van der Waals surface area contributed by atoms with Crippen molar-refractivity contribution in [1.29, 1.82) is 0 Å². The lowest BCUT2D eigenvalue weighted by molar-refractivity contribution is -0.141. The largest absolute Gasteiger partial charge is 0.379 e. The molecule has 0 radical (unpaired) electrons. The summed E-state index contributed by atoms with van der Waals surface area (Å²) in [5.74, 6) is 0.179. The quantitative estimate of drug-likeness (QED) is 0.613. The van der Waals surface area contributed by atoms with E-state index in [4.69, 9.17) is 9.47 Å². The van der Waals surface area contributed by atoms with E-state index in [1.807, 2.05) is 4.90 Å². The van der Waals surface area contributed by atoms with Gasteiger partial charge in [-0.25, -0.2) is 0 Å². The Kier molecular flexibility index (Phi) is 3.94. The van der Waals surface area contributed by atoms with Crippen molar-refractivity contribution in [3.63, 3.8) is 0 Å². The summed E-state index contributed by atoms with van der Waals surface area (Å²) in [6.07, 6.45) is 0. The van der Waals surface area contributed by atoms with Crippen LogP contribution in [0.5, 0.6) is 0 Å². The van der Waals surface area contributed by atoms with Crippen LogP contribution in [-0.4, -0.2) is 63.4 Å². The van der Waals surface area contributed by atoms with E-state index in [-0.39, 0.29) is 11.8 Å². The van der Waals surface area contributed by atoms with Crippen LogP contribution in [0.25, 0.3) is 0 Å². The fourth-order valence-electron chi connectivity index (χ4n) is 1.91. The van der Waals surface area contributed by atoms with Gasteiger partial charge in [0.2, 0.25) is 5.91 Å². The molecule has 1 atom stereocenters. The van der Waals surface area contributed by atoms with E-state index < -0.39 is 0 Å². The molecule has 0 unspecified atom stereocenters. The molecule has 0 aliphatic carbocycles. The van der Waals surface area contributed by atoms with Gasteiger partial charge in [-0.2, -0.15) is 0 Å². The first kappa shape index (κ1) is 10.9. The zero-order valence-electron chi connectivity index (χ0n) is 8.91. The van der Waals surface area contributed by atoms with Crippen molar-refractivity contribution in [1.82, 2.24) is 10.2 Å². The van der Waals surface area contributed by atoms with Crippen LogP contribution >= 0.6 is 0 Å². The number of carbonyl (C=O) groups excluding carboxylic acids is 1. The lowest BCUT2D eigenvalue weighted by Crippen LogP contribution is -2.46. The summed E-state index contributed by atoms with van der Waals surface area (Å²) in [6, 6.07) is 0. The standard InChI is InChI=1S/C10H18N2O3/c13-10(12-2-5-14-6-3-12)9-7-11-1-4-15-8-9/h9,11H,1-8H2/t9-/m1/s1. The number of morpholine rings is 1. The molecule has 15 heavy (non-hydrogen) atoms. The van der Waals surface area contributed by atoms with Gasteiger partial charge in [-0.15, -0.1) is 0 Å². The summed E-state index contributed by atoms with van der Waals surface area (Å²) < 4.78 is 10.6. The van der Waals surface area contributed by atoms with E-state index in [1.165, 1.54) is 0 Å². The maximum atomic E-state index is 12.1. The molecule has 1 N–H and O–H groups in total. The maximum absolute atomic E-state index is 12.1. The van der Waals surface area contributed by atoms with E-state index >= 15 is 0 Å².